The van der Waals surface area contributed by atoms with E-state index in [1.54, 1.807) is 0 Å². The number of hydrogen-bond acceptors (Lipinski definition) is 3. The van der Waals surface area contributed by atoms with Gasteiger partial charge in [0.05, 0.1) is 11.0 Å². The van der Waals surface area contributed by atoms with Crippen molar-refractivity contribution in [3.63, 3.8) is 0 Å². The highest BCUT2D eigenvalue weighted by Gasteiger charge is 2.09. The summed E-state index contributed by atoms with van der Waals surface area (Å²) in [5, 5.41) is 3.55. The molecule has 5 heteroatoms. The number of aromatic nitrogens is 2. The molecule has 3 rings (SSSR count). The molecule has 4 nitrogen and oxygen atoms in total. The molecule has 2 heterocycles. The fourth-order valence-electron chi connectivity index (χ4n) is 2.56. The minimum atomic E-state index is -0.160. The number of nitrogens with one attached hydrogen (secondary N) is 3. The number of H-pyrrole nitrogens is 2. The zero-order valence-electron chi connectivity index (χ0n) is 12.4. The van der Waals surface area contributed by atoms with Crippen molar-refractivity contribution >= 4 is 22.4 Å². The zero-order chi connectivity index (χ0) is 15.0. The summed E-state index contributed by atoms with van der Waals surface area (Å²) < 4.78 is 0. The lowest BCUT2D eigenvalue weighted by Gasteiger charge is -2.14. The van der Waals surface area contributed by atoms with Crippen LogP contribution in [-0.2, 0) is 6.54 Å². The van der Waals surface area contributed by atoms with Gasteiger partial charge in [0.15, 0.2) is 0 Å². The van der Waals surface area contributed by atoms with Gasteiger partial charge in [0.2, 0.25) is 0 Å². The quantitative estimate of drug-likeness (QED) is 0.692. The summed E-state index contributed by atoms with van der Waals surface area (Å²) in [6.45, 7) is 7.30. The molecule has 0 bridgehead atoms. The van der Waals surface area contributed by atoms with Gasteiger partial charge >= 0.3 is 5.69 Å². The molecule has 0 aliphatic heterocycles. The van der Waals surface area contributed by atoms with E-state index in [0.29, 0.717) is 0 Å². The molecule has 0 fully saturated rings. The van der Waals surface area contributed by atoms with Gasteiger partial charge in [0.1, 0.15) is 0 Å². The van der Waals surface area contributed by atoms with Gasteiger partial charge < -0.3 is 15.3 Å². The van der Waals surface area contributed by atoms with Gasteiger partial charge in [-0.1, -0.05) is 6.07 Å². The van der Waals surface area contributed by atoms with Crippen molar-refractivity contribution in [2.75, 3.05) is 0 Å². The highest BCUT2D eigenvalue weighted by Crippen LogP contribution is 2.22. The van der Waals surface area contributed by atoms with Crippen LogP contribution in [-0.4, -0.2) is 9.97 Å². The fourth-order valence-corrected chi connectivity index (χ4v) is 3.51. The van der Waals surface area contributed by atoms with Gasteiger partial charge in [-0.15, -0.1) is 11.3 Å². The molecule has 3 N–H and O–H groups in total. The van der Waals surface area contributed by atoms with Gasteiger partial charge in [-0.2, -0.15) is 0 Å². The van der Waals surface area contributed by atoms with Crippen LogP contribution in [0.4, 0.5) is 0 Å². The Balaban J connectivity index is 1.75. The zero-order valence-corrected chi connectivity index (χ0v) is 13.2. The highest BCUT2D eigenvalue weighted by molar-refractivity contribution is 7.12. The maximum Gasteiger partial charge on any atom is 0.323 e. The molecule has 0 aliphatic carbocycles. The number of aromatic amines is 2. The van der Waals surface area contributed by atoms with E-state index in [2.05, 4.69) is 48.2 Å². The van der Waals surface area contributed by atoms with Crippen LogP contribution in [0, 0.1) is 13.8 Å². The van der Waals surface area contributed by atoms with Crippen molar-refractivity contribution < 1.29 is 0 Å². The average molecular weight is 301 g/mol. The first kappa shape index (κ1) is 14.1. The van der Waals surface area contributed by atoms with Crippen molar-refractivity contribution in [3.8, 4) is 0 Å². The Morgan fingerprint density at radius 2 is 1.95 bits per heavy atom. The number of aryl methyl sites for hydroxylation is 2. The fraction of sp³-hybridized carbons (Fsp3) is 0.312. The molecular weight excluding hydrogens is 282 g/mol. The Labute approximate surface area is 127 Å². The van der Waals surface area contributed by atoms with Crippen LogP contribution in [0.5, 0.6) is 0 Å². The normalized spacial score (nSPS) is 12.9. The topological polar surface area (TPSA) is 60.7 Å². The number of thiophene rings is 1. The Morgan fingerprint density at radius 3 is 2.67 bits per heavy atom. The summed E-state index contributed by atoms with van der Waals surface area (Å²) in [5.74, 6) is 0. The first-order chi connectivity index (χ1) is 10.0. The van der Waals surface area contributed by atoms with E-state index in [1.807, 2.05) is 23.5 Å². The summed E-state index contributed by atoms with van der Waals surface area (Å²) in [7, 11) is 0. The van der Waals surface area contributed by atoms with Crippen molar-refractivity contribution in [2.45, 2.75) is 33.4 Å². The van der Waals surface area contributed by atoms with Crippen LogP contribution in [0.15, 0.2) is 29.1 Å². The van der Waals surface area contributed by atoms with Crippen molar-refractivity contribution in [1.29, 1.82) is 0 Å². The molecule has 0 amide bonds. The number of imidazole rings is 1. The largest absolute Gasteiger partial charge is 0.323 e. The summed E-state index contributed by atoms with van der Waals surface area (Å²) in [6, 6.07) is 8.49. The lowest BCUT2D eigenvalue weighted by Crippen LogP contribution is -2.18. The van der Waals surface area contributed by atoms with E-state index in [0.717, 1.165) is 17.6 Å². The smallest absolute Gasteiger partial charge is 0.306 e. The van der Waals surface area contributed by atoms with Gasteiger partial charge in [0.25, 0.3) is 0 Å². The summed E-state index contributed by atoms with van der Waals surface area (Å²) >= 11 is 1.84. The van der Waals surface area contributed by atoms with E-state index in [9.17, 15) is 4.79 Å². The Morgan fingerprint density at radius 1 is 1.19 bits per heavy atom. The Hall–Kier alpha value is -1.85. The van der Waals surface area contributed by atoms with Gasteiger partial charge in [0, 0.05) is 22.3 Å². The van der Waals surface area contributed by atoms with Crippen LogP contribution in [0.25, 0.3) is 11.0 Å². The maximum atomic E-state index is 11.3. The molecule has 1 aromatic carbocycles. The third-order valence-electron chi connectivity index (χ3n) is 3.78. The molecular formula is C16H19N3OS. The van der Waals surface area contributed by atoms with Crippen molar-refractivity contribution in [1.82, 2.24) is 15.3 Å². The van der Waals surface area contributed by atoms with E-state index < -0.39 is 0 Å². The predicted octanol–water partition coefficient (Wildman–Crippen LogP) is 3.39. The Kier molecular flexibility index (Phi) is 3.69. The van der Waals surface area contributed by atoms with Crippen LogP contribution < -0.4 is 11.0 Å². The van der Waals surface area contributed by atoms with Crippen LogP contribution in [0.2, 0.25) is 0 Å². The number of hydrogen-bond donors (Lipinski definition) is 3. The molecule has 0 radical (unpaired) electrons. The summed E-state index contributed by atoms with van der Waals surface area (Å²) in [6.07, 6.45) is 0. The molecule has 0 aliphatic rings. The van der Waals surface area contributed by atoms with Crippen LogP contribution in [0.3, 0.4) is 0 Å². The predicted molar refractivity (Wildman–Crippen MR) is 88.0 cm³/mol. The second kappa shape index (κ2) is 5.50. The molecule has 1 unspecified atom stereocenters. The second-order valence-corrected chi connectivity index (χ2v) is 6.89. The van der Waals surface area contributed by atoms with E-state index >= 15 is 0 Å². The SMILES string of the molecule is Cc1cc(CNC(C)c2ccc3[nH]c(=O)[nH]c3c2)c(C)s1. The third kappa shape index (κ3) is 2.94. The average Bonchev–Trinajstić information content (AvgIpc) is 2.96. The number of fused-ring (bicyclic) bond motifs is 1. The number of benzene rings is 1. The standard InChI is InChI=1S/C16H19N3OS/c1-9-6-13(11(3)21-9)8-17-10(2)12-4-5-14-15(7-12)19-16(20)18-14/h4-7,10,17H,8H2,1-3H3,(H2,18,19,20). The Bertz CT molecular complexity index is 828. The highest BCUT2D eigenvalue weighted by atomic mass is 32.1. The van der Waals surface area contributed by atoms with Gasteiger partial charge in [-0.05, 0) is 50.1 Å². The van der Waals surface area contributed by atoms with Crippen LogP contribution in [0.1, 0.15) is 33.8 Å². The van der Waals surface area contributed by atoms with E-state index in [-0.39, 0.29) is 11.7 Å². The lowest BCUT2D eigenvalue weighted by atomic mass is 10.1. The van der Waals surface area contributed by atoms with Gasteiger partial charge in [-0.3, -0.25) is 0 Å². The molecule has 21 heavy (non-hydrogen) atoms. The minimum absolute atomic E-state index is 0.160. The minimum Gasteiger partial charge on any atom is -0.306 e. The second-order valence-electron chi connectivity index (χ2n) is 5.43. The maximum absolute atomic E-state index is 11.3. The molecule has 1 atom stereocenters. The summed E-state index contributed by atoms with van der Waals surface area (Å²) in [5.41, 5.74) is 4.07. The van der Waals surface area contributed by atoms with E-state index in [4.69, 9.17) is 0 Å². The van der Waals surface area contributed by atoms with Crippen LogP contribution >= 0.6 is 11.3 Å². The molecule has 0 saturated carbocycles. The molecule has 110 valence electrons. The first-order valence-electron chi connectivity index (χ1n) is 7.04. The monoisotopic (exact) mass is 301 g/mol. The lowest BCUT2D eigenvalue weighted by molar-refractivity contribution is 0.575. The molecule has 3 aromatic rings. The first-order valence-corrected chi connectivity index (χ1v) is 7.86. The third-order valence-corrected chi connectivity index (χ3v) is 4.79. The van der Waals surface area contributed by atoms with Crippen molar-refractivity contribution in [3.05, 3.63) is 55.6 Å². The number of rotatable bonds is 4. The van der Waals surface area contributed by atoms with Gasteiger partial charge in [-0.25, -0.2) is 4.79 Å². The molecule has 0 saturated heterocycles. The van der Waals surface area contributed by atoms with E-state index in [1.165, 1.54) is 20.9 Å². The summed E-state index contributed by atoms with van der Waals surface area (Å²) in [4.78, 5) is 19.6. The van der Waals surface area contributed by atoms with Crippen molar-refractivity contribution in [2.24, 2.45) is 0 Å². The molecule has 2 aromatic heterocycles. The molecule has 0 spiro atoms.